The van der Waals surface area contributed by atoms with Crippen LogP contribution in [-0.2, 0) is 11.3 Å². The molecule has 1 N–H and O–H groups in total. The molecule has 0 atom stereocenters. The molecule has 0 spiro atoms. The maximum atomic E-state index is 13.3. The van der Waals surface area contributed by atoms with Gasteiger partial charge in [-0.2, -0.15) is 0 Å². The van der Waals surface area contributed by atoms with Crippen LogP contribution in [0.25, 0.3) is 31.6 Å². The van der Waals surface area contributed by atoms with Crippen LogP contribution in [0.4, 0.5) is 5.69 Å². The zero-order chi connectivity index (χ0) is 24.5. The van der Waals surface area contributed by atoms with Crippen LogP contribution in [0.3, 0.4) is 0 Å². The number of hydrogen-bond acceptors (Lipinski definition) is 7. The molecule has 0 aliphatic carbocycles. The third-order valence-corrected chi connectivity index (χ3v) is 6.69. The van der Waals surface area contributed by atoms with Crippen LogP contribution in [0.1, 0.15) is 5.69 Å². The van der Waals surface area contributed by atoms with Crippen molar-refractivity contribution in [2.45, 2.75) is 13.5 Å². The Balaban J connectivity index is 1.51. The summed E-state index contributed by atoms with van der Waals surface area (Å²) in [5.41, 5.74) is 3.65. The molecule has 0 saturated heterocycles. The summed E-state index contributed by atoms with van der Waals surface area (Å²) in [6, 6.07) is 17.0. The van der Waals surface area contributed by atoms with Gasteiger partial charge in [-0.1, -0.05) is 30.3 Å². The van der Waals surface area contributed by atoms with Crippen molar-refractivity contribution in [1.29, 1.82) is 0 Å². The van der Waals surface area contributed by atoms with E-state index in [9.17, 15) is 9.59 Å². The molecule has 35 heavy (non-hydrogen) atoms. The highest BCUT2D eigenvalue weighted by atomic mass is 32.1. The van der Waals surface area contributed by atoms with E-state index in [1.54, 1.807) is 25.3 Å². The van der Waals surface area contributed by atoms with Crippen molar-refractivity contribution in [3.05, 3.63) is 77.0 Å². The summed E-state index contributed by atoms with van der Waals surface area (Å²) in [7, 11) is 3.06. The monoisotopic (exact) mass is 486 g/mol. The van der Waals surface area contributed by atoms with Crippen molar-refractivity contribution in [2.24, 2.45) is 0 Å². The van der Waals surface area contributed by atoms with Gasteiger partial charge in [0.1, 0.15) is 27.6 Å². The number of rotatable bonds is 6. The topological polar surface area (TPSA) is 95.3 Å². The number of methoxy groups -OCH3 is 2. The molecule has 0 saturated carbocycles. The van der Waals surface area contributed by atoms with Gasteiger partial charge in [0.25, 0.3) is 5.56 Å². The Hall–Kier alpha value is -4.24. The highest BCUT2D eigenvalue weighted by Crippen LogP contribution is 2.37. The number of carbonyl (C=O) groups excluding carboxylic acids is 1. The van der Waals surface area contributed by atoms with Crippen LogP contribution in [0.5, 0.6) is 11.5 Å². The Kier molecular flexibility index (Phi) is 5.92. The minimum atomic E-state index is -0.378. The van der Waals surface area contributed by atoms with E-state index < -0.39 is 0 Å². The molecule has 5 aromatic rings. The summed E-state index contributed by atoms with van der Waals surface area (Å²) in [6.45, 7) is 1.74. The molecule has 9 heteroatoms. The molecule has 3 heterocycles. The fraction of sp³-hybridized carbons (Fsp3) is 0.154. The number of amides is 1. The first-order valence-electron chi connectivity index (χ1n) is 10.8. The lowest BCUT2D eigenvalue weighted by atomic mass is 10.0. The zero-order valence-corrected chi connectivity index (χ0v) is 20.2. The molecule has 0 aliphatic heterocycles. The summed E-state index contributed by atoms with van der Waals surface area (Å²) in [5, 5.41) is 3.63. The average Bonchev–Trinajstić information content (AvgIpc) is 3.25. The number of fused-ring (bicyclic) bond motifs is 3. The normalized spacial score (nSPS) is 11.1. The van der Waals surface area contributed by atoms with Crippen molar-refractivity contribution in [3.8, 4) is 22.6 Å². The van der Waals surface area contributed by atoms with Crippen molar-refractivity contribution in [1.82, 2.24) is 14.5 Å². The molecule has 3 aromatic heterocycles. The second-order valence-electron chi connectivity index (χ2n) is 7.93. The third-order valence-electron chi connectivity index (χ3n) is 5.63. The largest absolute Gasteiger partial charge is 0.497 e. The third kappa shape index (κ3) is 4.22. The van der Waals surface area contributed by atoms with E-state index in [0.717, 1.165) is 27.0 Å². The Morgan fingerprint density at radius 3 is 2.63 bits per heavy atom. The van der Waals surface area contributed by atoms with E-state index in [0.29, 0.717) is 27.4 Å². The number of pyridine rings is 1. The molecule has 0 aliphatic rings. The summed E-state index contributed by atoms with van der Waals surface area (Å²) >= 11 is 1.29. The van der Waals surface area contributed by atoms with E-state index in [1.165, 1.54) is 29.3 Å². The first-order chi connectivity index (χ1) is 17.0. The van der Waals surface area contributed by atoms with E-state index >= 15 is 0 Å². The van der Waals surface area contributed by atoms with E-state index in [2.05, 4.69) is 15.3 Å². The first kappa shape index (κ1) is 22.5. The van der Waals surface area contributed by atoms with Crippen LogP contribution in [0.15, 0.2) is 65.7 Å². The predicted octanol–water partition coefficient (Wildman–Crippen LogP) is 4.64. The lowest BCUT2D eigenvalue weighted by molar-refractivity contribution is -0.116. The van der Waals surface area contributed by atoms with Gasteiger partial charge in [0.05, 0.1) is 31.8 Å². The van der Waals surface area contributed by atoms with Gasteiger partial charge in [-0.15, -0.1) is 11.3 Å². The minimum Gasteiger partial charge on any atom is -0.497 e. The standard InChI is InChI=1S/C26H22N4O4S/c1-15-11-18(16-7-5-4-6-8-16)22-23-24(35-25(22)28-15)26(32)30(14-27-23)13-21(31)29-19-10-9-17(33-2)12-20(19)34-3/h4-12,14H,13H2,1-3H3,(H,29,31). The maximum Gasteiger partial charge on any atom is 0.271 e. The number of aromatic nitrogens is 3. The smallest absolute Gasteiger partial charge is 0.271 e. The van der Waals surface area contributed by atoms with Crippen LogP contribution < -0.4 is 20.3 Å². The van der Waals surface area contributed by atoms with E-state index in [4.69, 9.17) is 9.47 Å². The van der Waals surface area contributed by atoms with E-state index in [-0.39, 0.29) is 18.0 Å². The molecule has 8 nitrogen and oxygen atoms in total. The van der Waals surface area contributed by atoms with E-state index in [1.807, 2.05) is 43.3 Å². The fourth-order valence-corrected chi connectivity index (χ4v) is 5.14. The summed E-state index contributed by atoms with van der Waals surface area (Å²) in [5.74, 6) is 0.684. The number of ether oxygens (including phenoxy) is 2. The van der Waals surface area contributed by atoms with Crippen LogP contribution in [0.2, 0.25) is 0 Å². The van der Waals surface area contributed by atoms with Gasteiger partial charge in [0.15, 0.2) is 0 Å². The number of aryl methyl sites for hydroxylation is 1. The van der Waals surface area contributed by atoms with Gasteiger partial charge in [-0.25, -0.2) is 9.97 Å². The second-order valence-corrected chi connectivity index (χ2v) is 8.93. The Labute approximate surface area is 204 Å². The molecular formula is C26H22N4O4S. The molecule has 2 aromatic carbocycles. The Morgan fingerprint density at radius 1 is 1.09 bits per heavy atom. The van der Waals surface area contributed by atoms with Crippen molar-refractivity contribution < 1.29 is 14.3 Å². The molecule has 0 radical (unpaired) electrons. The molecular weight excluding hydrogens is 464 g/mol. The van der Waals surface area contributed by atoms with Crippen molar-refractivity contribution >= 4 is 43.4 Å². The molecule has 0 fully saturated rings. The zero-order valence-electron chi connectivity index (χ0n) is 19.4. The van der Waals surface area contributed by atoms with Gasteiger partial charge in [-0.05, 0) is 36.2 Å². The lowest BCUT2D eigenvalue weighted by Gasteiger charge is -2.12. The van der Waals surface area contributed by atoms with Crippen LogP contribution >= 0.6 is 11.3 Å². The second kappa shape index (κ2) is 9.19. The minimum absolute atomic E-state index is 0.191. The predicted molar refractivity (Wildman–Crippen MR) is 138 cm³/mol. The lowest BCUT2D eigenvalue weighted by Crippen LogP contribution is -2.27. The SMILES string of the molecule is COc1ccc(NC(=O)Cn2cnc3c(sc4nc(C)cc(-c5ccccc5)c43)c2=O)c(OC)c1. The highest BCUT2D eigenvalue weighted by Gasteiger charge is 2.18. The Morgan fingerprint density at radius 2 is 1.89 bits per heavy atom. The molecule has 176 valence electrons. The van der Waals surface area contributed by atoms with Gasteiger partial charge < -0.3 is 14.8 Å². The summed E-state index contributed by atoms with van der Waals surface area (Å²) in [6.07, 6.45) is 1.41. The number of anilines is 1. The maximum absolute atomic E-state index is 13.3. The summed E-state index contributed by atoms with van der Waals surface area (Å²) < 4.78 is 12.3. The number of nitrogens with one attached hydrogen (secondary N) is 1. The van der Waals surface area contributed by atoms with Gasteiger partial charge >= 0.3 is 0 Å². The molecule has 0 unspecified atom stereocenters. The van der Waals surface area contributed by atoms with Crippen molar-refractivity contribution in [3.63, 3.8) is 0 Å². The number of nitrogens with zero attached hydrogens (tertiary/aromatic N) is 3. The number of benzene rings is 2. The quantitative estimate of drug-likeness (QED) is 0.376. The number of hydrogen-bond donors (Lipinski definition) is 1. The van der Waals surface area contributed by atoms with Crippen molar-refractivity contribution in [2.75, 3.05) is 19.5 Å². The molecule has 0 bridgehead atoms. The first-order valence-corrected chi connectivity index (χ1v) is 11.7. The van der Waals surface area contributed by atoms with Gasteiger partial charge in [0.2, 0.25) is 5.91 Å². The number of thiophene rings is 1. The van der Waals surface area contributed by atoms with Gasteiger partial charge in [0, 0.05) is 17.1 Å². The molecule has 1 amide bonds. The molecule has 5 rings (SSSR count). The summed E-state index contributed by atoms with van der Waals surface area (Å²) in [4.78, 5) is 36.0. The fourth-order valence-electron chi connectivity index (χ4n) is 3.99. The van der Waals surface area contributed by atoms with Crippen LogP contribution in [-0.4, -0.2) is 34.7 Å². The Bertz CT molecular complexity index is 1630. The van der Waals surface area contributed by atoms with Crippen LogP contribution in [0, 0.1) is 6.92 Å². The number of carbonyl (C=O) groups is 1. The average molecular weight is 487 g/mol. The van der Waals surface area contributed by atoms with Gasteiger partial charge in [-0.3, -0.25) is 14.2 Å². The highest BCUT2D eigenvalue weighted by molar-refractivity contribution is 7.25.